The Morgan fingerprint density at radius 2 is 1.90 bits per heavy atom. The molecule has 110 valence electrons. The second-order valence-electron chi connectivity index (χ2n) is 5.89. The van der Waals surface area contributed by atoms with E-state index in [4.69, 9.17) is 5.73 Å². The standard InChI is InChI=1S/C16H21F2NO/c17-13-4-5-15(18)12(8-13)9-14(20)10-16(11-19)6-2-1-3-7-16/h4-5,8H,1-3,6-7,9-11,19H2. The van der Waals surface area contributed by atoms with Crippen molar-refractivity contribution in [1.82, 2.24) is 0 Å². The third-order valence-electron chi connectivity index (χ3n) is 4.31. The zero-order chi connectivity index (χ0) is 14.6. The Morgan fingerprint density at radius 3 is 2.55 bits per heavy atom. The van der Waals surface area contributed by atoms with Gasteiger partial charge in [0, 0.05) is 12.8 Å². The van der Waals surface area contributed by atoms with E-state index >= 15 is 0 Å². The van der Waals surface area contributed by atoms with Crippen LogP contribution in [-0.4, -0.2) is 12.3 Å². The van der Waals surface area contributed by atoms with E-state index in [1.54, 1.807) is 0 Å². The summed E-state index contributed by atoms with van der Waals surface area (Å²) in [5.74, 6) is -1.09. The topological polar surface area (TPSA) is 43.1 Å². The Morgan fingerprint density at radius 1 is 1.20 bits per heavy atom. The molecule has 0 atom stereocenters. The van der Waals surface area contributed by atoms with E-state index < -0.39 is 11.6 Å². The van der Waals surface area contributed by atoms with Gasteiger partial charge in [-0.3, -0.25) is 4.79 Å². The molecule has 0 radical (unpaired) electrons. The number of halogens is 2. The molecular weight excluding hydrogens is 260 g/mol. The van der Waals surface area contributed by atoms with Crippen LogP contribution in [0.1, 0.15) is 44.1 Å². The Bertz CT molecular complexity index is 481. The normalized spacial score (nSPS) is 17.9. The summed E-state index contributed by atoms with van der Waals surface area (Å²) in [6.45, 7) is 0.490. The molecule has 20 heavy (non-hydrogen) atoms. The van der Waals surface area contributed by atoms with Crippen LogP contribution in [0.2, 0.25) is 0 Å². The maximum absolute atomic E-state index is 13.5. The summed E-state index contributed by atoms with van der Waals surface area (Å²) >= 11 is 0. The predicted octanol–water partition coefficient (Wildman–Crippen LogP) is 3.38. The summed E-state index contributed by atoms with van der Waals surface area (Å²) < 4.78 is 26.6. The number of carbonyl (C=O) groups is 1. The number of rotatable bonds is 5. The lowest BCUT2D eigenvalue weighted by Crippen LogP contribution is -2.35. The highest BCUT2D eigenvalue weighted by Gasteiger charge is 2.32. The van der Waals surface area contributed by atoms with Crippen LogP contribution in [0.4, 0.5) is 8.78 Å². The molecule has 0 spiro atoms. The largest absolute Gasteiger partial charge is 0.330 e. The van der Waals surface area contributed by atoms with Crippen molar-refractivity contribution in [3.05, 3.63) is 35.4 Å². The van der Waals surface area contributed by atoms with Crippen molar-refractivity contribution in [3.8, 4) is 0 Å². The lowest BCUT2D eigenvalue weighted by atomic mass is 9.70. The minimum Gasteiger partial charge on any atom is -0.330 e. The van der Waals surface area contributed by atoms with Gasteiger partial charge in [0.1, 0.15) is 17.4 Å². The molecule has 0 aliphatic heterocycles. The summed E-state index contributed by atoms with van der Waals surface area (Å²) in [7, 11) is 0. The average Bonchev–Trinajstić information content (AvgIpc) is 2.44. The molecule has 0 aromatic heterocycles. The Balaban J connectivity index is 2.02. The van der Waals surface area contributed by atoms with Gasteiger partial charge in [-0.1, -0.05) is 19.3 Å². The molecule has 2 N–H and O–H groups in total. The quantitative estimate of drug-likeness (QED) is 0.899. The monoisotopic (exact) mass is 281 g/mol. The highest BCUT2D eigenvalue weighted by atomic mass is 19.1. The maximum Gasteiger partial charge on any atom is 0.137 e. The zero-order valence-electron chi connectivity index (χ0n) is 11.6. The van der Waals surface area contributed by atoms with Crippen LogP contribution >= 0.6 is 0 Å². The van der Waals surface area contributed by atoms with Crippen LogP contribution in [0.5, 0.6) is 0 Å². The average molecular weight is 281 g/mol. The first-order valence-corrected chi connectivity index (χ1v) is 7.20. The van der Waals surface area contributed by atoms with E-state index in [1.807, 2.05) is 0 Å². The molecule has 2 nitrogen and oxygen atoms in total. The summed E-state index contributed by atoms with van der Waals surface area (Å²) in [5, 5.41) is 0. The fourth-order valence-corrected chi connectivity index (χ4v) is 3.13. The van der Waals surface area contributed by atoms with Crippen LogP contribution in [0.3, 0.4) is 0 Å². The molecule has 2 rings (SSSR count). The Labute approximate surface area is 118 Å². The molecule has 1 saturated carbocycles. The minimum absolute atomic E-state index is 0.0503. The first-order valence-electron chi connectivity index (χ1n) is 7.20. The third kappa shape index (κ3) is 3.63. The predicted molar refractivity (Wildman–Crippen MR) is 74.3 cm³/mol. The lowest BCUT2D eigenvalue weighted by molar-refractivity contribution is -0.121. The first kappa shape index (κ1) is 15.1. The fourth-order valence-electron chi connectivity index (χ4n) is 3.13. The second kappa shape index (κ2) is 6.44. The van der Waals surface area contributed by atoms with Gasteiger partial charge in [-0.2, -0.15) is 0 Å². The summed E-state index contributed by atoms with van der Waals surface area (Å²) in [6, 6.07) is 3.23. The van der Waals surface area contributed by atoms with Crippen molar-refractivity contribution in [3.63, 3.8) is 0 Å². The Kier molecular flexibility index (Phi) is 4.86. The van der Waals surface area contributed by atoms with Crippen molar-refractivity contribution in [2.24, 2.45) is 11.1 Å². The van der Waals surface area contributed by atoms with Crippen molar-refractivity contribution in [2.45, 2.75) is 44.9 Å². The molecular formula is C16H21F2NO. The van der Waals surface area contributed by atoms with Crippen molar-refractivity contribution < 1.29 is 13.6 Å². The van der Waals surface area contributed by atoms with Gasteiger partial charge in [0.2, 0.25) is 0 Å². The highest BCUT2D eigenvalue weighted by molar-refractivity contribution is 5.81. The van der Waals surface area contributed by atoms with Crippen molar-refractivity contribution in [2.75, 3.05) is 6.54 Å². The van der Waals surface area contributed by atoms with Gasteiger partial charge in [0.05, 0.1) is 0 Å². The van der Waals surface area contributed by atoms with Crippen molar-refractivity contribution >= 4 is 5.78 Å². The van der Waals surface area contributed by atoms with Crippen LogP contribution in [-0.2, 0) is 11.2 Å². The maximum atomic E-state index is 13.5. The molecule has 1 aromatic carbocycles. The molecule has 1 fully saturated rings. The van der Waals surface area contributed by atoms with E-state index in [9.17, 15) is 13.6 Å². The van der Waals surface area contributed by atoms with Crippen LogP contribution in [0, 0.1) is 17.0 Å². The highest BCUT2D eigenvalue weighted by Crippen LogP contribution is 2.38. The number of benzene rings is 1. The third-order valence-corrected chi connectivity index (χ3v) is 4.31. The van der Waals surface area contributed by atoms with E-state index in [2.05, 4.69) is 0 Å². The van der Waals surface area contributed by atoms with E-state index in [1.165, 1.54) is 6.42 Å². The van der Waals surface area contributed by atoms with Gasteiger partial charge in [-0.15, -0.1) is 0 Å². The minimum atomic E-state index is -0.523. The van der Waals surface area contributed by atoms with Gasteiger partial charge in [0.25, 0.3) is 0 Å². The molecule has 0 heterocycles. The summed E-state index contributed by atoms with van der Waals surface area (Å²) in [4.78, 5) is 12.2. The number of nitrogens with two attached hydrogens (primary N) is 1. The fraction of sp³-hybridized carbons (Fsp3) is 0.562. The van der Waals surface area contributed by atoms with E-state index in [-0.39, 0.29) is 23.2 Å². The van der Waals surface area contributed by atoms with Crippen LogP contribution in [0.15, 0.2) is 18.2 Å². The summed E-state index contributed by atoms with van der Waals surface area (Å²) in [6.07, 6.45) is 5.62. The molecule has 1 aliphatic carbocycles. The number of Topliss-reactive ketones (excluding diaryl/α,β-unsaturated/α-hetero) is 1. The van der Waals surface area contributed by atoms with Gasteiger partial charge < -0.3 is 5.73 Å². The number of ketones is 1. The van der Waals surface area contributed by atoms with Gasteiger partial charge in [-0.25, -0.2) is 8.78 Å². The number of hydrogen-bond donors (Lipinski definition) is 1. The molecule has 1 aliphatic rings. The second-order valence-corrected chi connectivity index (χ2v) is 5.89. The number of hydrogen-bond acceptors (Lipinski definition) is 2. The molecule has 0 bridgehead atoms. The summed E-state index contributed by atoms with van der Waals surface area (Å²) in [5.41, 5.74) is 5.86. The van der Waals surface area contributed by atoms with Gasteiger partial charge in [-0.05, 0) is 48.6 Å². The Hall–Kier alpha value is -1.29. The van der Waals surface area contributed by atoms with Crippen LogP contribution < -0.4 is 5.73 Å². The number of carbonyl (C=O) groups excluding carboxylic acids is 1. The van der Waals surface area contributed by atoms with Gasteiger partial charge in [0.15, 0.2) is 0 Å². The lowest BCUT2D eigenvalue weighted by Gasteiger charge is -2.35. The van der Waals surface area contributed by atoms with Gasteiger partial charge >= 0.3 is 0 Å². The molecule has 4 heteroatoms. The van der Waals surface area contributed by atoms with Crippen molar-refractivity contribution in [1.29, 1.82) is 0 Å². The van der Waals surface area contributed by atoms with E-state index in [0.717, 1.165) is 43.9 Å². The molecule has 0 amide bonds. The molecule has 0 saturated heterocycles. The smallest absolute Gasteiger partial charge is 0.137 e. The van der Waals surface area contributed by atoms with Crippen LogP contribution in [0.25, 0.3) is 0 Å². The zero-order valence-corrected chi connectivity index (χ0v) is 11.6. The molecule has 0 unspecified atom stereocenters. The first-order chi connectivity index (χ1) is 9.54. The van der Waals surface area contributed by atoms with E-state index in [0.29, 0.717) is 13.0 Å². The SMILES string of the molecule is NCC1(CC(=O)Cc2cc(F)ccc2F)CCCCC1. The molecule has 1 aromatic rings.